The summed E-state index contributed by atoms with van der Waals surface area (Å²) in [5.41, 5.74) is 1.13. The molecule has 2 aliphatic rings. The van der Waals surface area contributed by atoms with E-state index < -0.39 is 18.5 Å². The second-order valence-electron chi connectivity index (χ2n) is 8.45. The fourth-order valence-corrected chi connectivity index (χ4v) is 5.55. The molecule has 5 rings (SSSR count). The number of aliphatic hydroxyl groups is 2. The molecule has 3 aromatic rings. The van der Waals surface area contributed by atoms with Gasteiger partial charge >= 0.3 is 6.03 Å². The van der Waals surface area contributed by atoms with Gasteiger partial charge in [-0.1, -0.05) is 11.3 Å². The highest BCUT2D eigenvalue weighted by Gasteiger charge is 2.43. The molecule has 174 valence electrons. The minimum Gasteiger partial charge on any atom is -0.394 e. The Morgan fingerprint density at radius 2 is 2.00 bits per heavy atom. The van der Waals surface area contributed by atoms with Crippen LogP contribution in [0.5, 0.6) is 0 Å². The summed E-state index contributed by atoms with van der Waals surface area (Å²) < 4.78 is 28.9. The highest BCUT2D eigenvalue weighted by atomic mass is 32.1. The van der Waals surface area contributed by atoms with Gasteiger partial charge in [0, 0.05) is 25.7 Å². The number of aliphatic hydroxyl groups excluding tert-OH is 2. The first kappa shape index (κ1) is 21.9. The monoisotopic (exact) mass is 475 g/mol. The molecule has 8 nitrogen and oxygen atoms in total. The van der Waals surface area contributed by atoms with Crippen molar-refractivity contribution in [2.45, 2.75) is 37.5 Å². The average Bonchev–Trinajstić information content (AvgIpc) is 3.30. The number of piperazine rings is 1. The molecule has 0 radical (unpaired) electrons. The molecule has 2 aromatic heterocycles. The van der Waals surface area contributed by atoms with Gasteiger partial charge in [0.25, 0.3) is 0 Å². The molecule has 3 N–H and O–H groups in total. The highest BCUT2D eigenvalue weighted by molar-refractivity contribution is 7.22. The van der Waals surface area contributed by atoms with Crippen LogP contribution in [0.25, 0.3) is 10.2 Å². The smallest absolute Gasteiger partial charge is 0.324 e. The number of rotatable bonds is 5. The van der Waals surface area contributed by atoms with Crippen LogP contribution in [-0.2, 0) is 6.42 Å². The van der Waals surface area contributed by atoms with Gasteiger partial charge in [0.15, 0.2) is 16.8 Å². The summed E-state index contributed by atoms with van der Waals surface area (Å²) in [6, 6.07) is 5.20. The van der Waals surface area contributed by atoms with E-state index in [1.165, 1.54) is 35.7 Å². The van der Waals surface area contributed by atoms with Crippen LogP contribution in [-0.4, -0.2) is 69.0 Å². The quantitative estimate of drug-likeness (QED) is 0.525. The zero-order valence-electron chi connectivity index (χ0n) is 17.6. The van der Waals surface area contributed by atoms with Gasteiger partial charge in [-0.2, -0.15) is 0 Å². The lowest BCUT2D eigenvalue weighted by atomic mass is 10.1. The first-order chi connectivity index (χ1) is 15.9. The van der Waals surface area contributed by atoms with E-state index in [0.29, 0.717) is 34.0 Å². The SMILES string of the molecule is O=C(Nc1nc2ccc(F)cc2s1)N1C2CCC1CN(c1ncc(C[C@H](O)CO)cc1F)C2. The molecule has 1 aromatic carbocycles. The molecule has 3 atom stereocenters. The molecule has 2 aliphatic heterocycles. The Morgan fingerprint density at radius 3 is 2.70 bits per heavy atom. The summed E-state index contributed by atoms with van der Waals surface area (Å²) in [5, 5.41) is 21.8. The van der Waals surface area contributed by atoms with Crippen LogP contribution in [0.1, 0.15) is 18.4 Å². The van der Waals surface area contributed by atoms with Crippen molar-refractivity contribution in [3.05, 3.63) is 47.7 Å². The summed E-state index contributed by atoms with van der Waals surface area (Å²) in [4.78, 5) is 25.3. The highest BCUT2D eigenvalue weighted by Crippen LogP contribution is 2.34. The standard InChI is InChI=1S/C22H23F2N5O3S/c23-13-1-4-18-19(7-13)33-21(26-18)27-22(32)29-14-2-3-15(29)10-28(9-14)20-17(24)6-12(8-25-20)5-16(31)11-30/h1,4,6-8,14-16,30-31H,2-3,5,9-11H2,(H,26,27,32)/t14?,15?,16-/m0/s1. The van der Waals surface area contributed by atoms with E-state index in [9.17, 15) is 18.7 Å². The number of nitrogens with one attached hydrogen (secondary N) is 1. The molecular weight excluding hydrogens is 452 g/mol. The first-order valence-corrected chi connectivity index (χ1v) is 11.6. The zero-order valence-corrected chi connectivity index (χ0v) is 18.4. The van der Waals surface area contributed by atoms with Gasteiger partial charge in [-0.15, -0.1) is 0 Å². The molecule has 4 heterocycles. The van der Waals surface area contributed by atoms with Crippen molar-refractivity contribution in [1.82, 2.24) is 14.9 Å². The van der Waals surface area contributed by atoms with Gasteiger partial charge in [-0.05, 0) is 42.7 Å². The second kappa shape index (κ2) is 8.81. The van der Waals surface area contributed by atoms with Crippen molar-refractivity contribution >= 4 is 38.5 Å². The number of fused-ring (bicyclic) bond motifs is 3. The number of hydrogen-bond acceptors (Lipinski definition) is 7. The van der Waals surface area contributed by atoms with Crippen molar-refractivity contribution in [3.63, 3.8) is 0 Å². The van der Waals surface area contributed by atoms with E-state index in [4.69, 9.17) is 5.11 Å². The number of nitrogens with zero attached hydrogens (tertiary/aromatic N) is 4. The minimum atomic E-state index is -0.954. The van der Waals surface area contributed by atoms with Gasteiger partial charge in [-0.25, -0.2) is 23.5 Å². The van der Waals surface area contributed by atoms with Crippen molar-refractivity contribution in [2.24, 2.45) is 0 Å². The molecule has 0 aliphatic carbocycles. The molecule has 2 saturated heterocycles. The fraction of sp³-hybridized carbons (Fsp3) is 0.409. The maximum atomic E-state index is 14.8. The minimum absolute atomic E-state index is 0.0901. The van der Waals surface area contributed by atoms with Gasteiger partial charge in [0.1, 0.15) is 5.82 Å². The Hall–Kier alpha value is -2.89. The van der Waals surface area contributed by atoms with Crippen LogP contribution in [0.15, 0.2) is 30.5 Å². The Kier molecular flexibility index (Phi) is 5.85. The number of amides is 2. The summed E-state index contributed by atoms with van der Waals surface area (Å²) in [5.74, 6) is -0.615. The van der Waals surface area contributed by atoms with E-state index in [1.54, 1.807) is 11.0 Å². The van der Waals surface area contributed by atoms with Crippen LogP contribution < -0.4 is 10.2 Å². The van der Waals surface area contributed by atoms with E-state index in [2.05, 4.69) is 15.3 Å². The lowest BCUT2D eigenvalue weighted by Crippen LogP contribution is -2.57. The number of aromatic nitrogens is 2. The summed E-state index contributed by atoms with van der Waals surface area (Å²) >= 11 is 1.22. The molecule has 0 saturated carbocycles. The largest absolute Gasteiger partial charge is 0.394 e. The van der Waals surface area contributed by atoms with Gasteiger partial charge in [0.2, 0.25) is 0 Å². The summed E-state index contributed by atoms with van der Waals surface area (Å²) in [6.07, 6.45) is 2.29. The fourth-order valence-electron chi connectivity index (χ4n) is 4.67. The van der Waals surface area contributed by atoms with Crippen LogP contribution in [0.2, 0.25) is 0 Å². The van der Waals surface area contributed by atoms with Gasteiger partial charge in [-0.3, -0.25) is 5.32 Å². The van der Waals surface area contributed by atoms with E-state index in [0.717, 1.165) is 12.8 Å². The Morgan fingerprint density at radius 1 is 1.24 bits per heavy atom. The van der Waals surface area contributed by atoms with Crippen molar-refractivity contribution in [1.29, 1.82) is 0 Å². The number of hydrogen-bond donors (Lipinski definition) is 3. The molecule has 2 amide bonds. The third-order valence-electron chi connectivity index (χ3n) is 6.14. The molecule has 2 bridgehead atoms. The Balaban J connectivity index is 1.27. The number of carbonyl (C=O) groups excluding carboxylic acids is 1. The normalized spacial score (nSPS) is 21.0. The Bertz CT molecular complexity index is 1180. The maximum Gasteiger partial charge on any atom is 0.324 e. The molecule has 33 heavy (non-hydrogen) atoms. The molecular formula is C22H23F2N5O3S. The molecule has 2 fully saturated rings. The predicted molar refractivity (Wildman–Crippen MR) is 120 cm³/mol. The number of urea groups is 1. The topological polar surface area (TPSA) is 102 Å². The van der Waals surface area contributed by atoms with Crippen LogP contribution in [0.3, 0.4) is 0 Å². The maximum absolute atomic E-state index is 14.8. The number of thiazole rings is 1. The predicted octanol–water partition coefficient (Wildman–Crippen LogP) is 2.75. The number of anilines is 2. The Labute approximate surface area is 192 Å². The van der Waals surface area contributed by atoms with Crippen LogP contribution >= 0.6 is 11.3 Å². The second-order valence-corrected chi connectivity index (χ2v) is 9.48. The average molecular weight is 476 g/mol. The van der Waals surface area contributed by atoms with Crippen molar-refractivity contribution in [3.8, 4) is 0 Å². The number of carbonyl (C=O) groups is 1. The number of pyridine rings is 1. The lowest BCUT2D eigenvalue weighted by Gasteiger charge is -2.41. The molecule has 0 spiro atoms. The van der Waals surface area contributed by atoms with E-state index >= 15 is 0 Å². The third kappa shape index (κ3) is 4.35. The lowest BCUT2D eigenvalue weighted by molar-refractivity contribution is 0.0954. The number of benzene rings is 1. The summed E-state index contributed by atoms with van der Waals surface area (Å²) in [6.45, 7) is 0.514. The zero-order chi connectivity index (χ0) is 23.1. The van der Waals surface area contributed by atoms with Crippen molar-refractivity contribution in [2.75, 3.05) is 29.9 Å². The molecule has 2 unspecified atom stereocenters. The van der Waals surface area contributed by atoms with E-state index in [-0.39, 0.29) is 36.2 Å². The van der Waals surface area contributed by atoms with Crippen LogP contribution in [0, 0.1) is 11.6 Å². The summed E-state index contributed by atoms with van der Waals surface area (Å²) in [7, 11) is 0. The van der Waals surface area contributed by atoms with Crippen LogP contribution in [0.4, 0.5) is 24.5 Å². The van der Waals surface area contributed by atoms with Gasteiger partial charge < -0.3 is 20.0 Å². The van der Waals surface area contributed by atoms with E-state index in [1.807, 2.05) is 4.90 Å². The first-order valence-electron chi connectivity index (χ1n) is 10.7. The third-order valence-corrected chi connectivity index (χ3v) is 7.07. The number of halogens is 2. The van der Waals surface area contributed by atoms with Gasteiger partial charge in [0.05, 0.1) is 35.0 Å². The molecule has 11 heteroatoms. The van der Waals surface area contributed by atoms with Crippen molar-refractivity contribution < 1.29 is 23.8 Å².